The van der Waals surface area contributed by atoms with Crippen LogP contribution in [0.2, 0.25) is 0 Å². The number of nitrogens with one attached hydrogen (secondary N) is 1. The summed E-state index contributed by atoms with van der Waals surface area (Å²) < 4.78 is 0. The maximum Gasteiger partial charge on any atom is 0.161 e. The Balaban J connectivity index is 2.02. The zero-order valence-electron chi connectivity index (χ0n) is 9.31. The van der Waals surface area contributed by atoms with Gasteiger partial charge in [-0.25, -0.2) is 4.98 Å². The van der Waals surface area contributed by atoms with Gasteiger partial charge in [0, 0.05) is 11.8 Å². The molecule has 0 radical (unpaired) electrons. The number of hydrogen-bond acceptors (Lipinski definition) is 4. The second kappa shape index (κ2) is 4.61. The first-order valence-electron chi connectivity index (χ1n) is 5.58. The first kappa shape index (κ1) is 11.1. The molecule has 0 spiro atoms. The number of aliphatic hydroxyl groups excluding tert-OH is 1. The second-order valence-electron chi connectivity index (χ2n) is 4.24. The van der Waals surface area contributed by atoms with Crippen molar-refractivity contribution in [1.82, 2.24) is 4.98 Å². The van der Waals surface area contributed by atoms with Crippen LogP contribution in [0.3, 0.4) is 0 Å². The van der Waals surface area contributed by atoms with Crippen molar-refractivity contribution >= 4 is 11.6 Å². The molecule has 0 aliphatic heterocycles. The molecule has 0 saturated heterocycles. The van der Waals surface area contributed by atoms with Crippen LogP contribution in [-0.2, 0) is 0 Å². The van der Waals surface area contributed by atoms with E-state index in [0.717, 1.165) is 25.1 Å². The topological polar surface area (TPSA) is 62.2 Å². The Labute approximate surface area is 94.7 Å². The van der Waals surface area contributed by atoms with Crippen LogP contribution in [0.5, 0.6) is 0 Å². The van der Waals surface area contributed by atoms with E-state index in [4.69, 9.17) is 0 Å². The maximum atomic E-state index is 11.1. The first-order valence-corrected chi connectivity index (χ1v) is 5.58. The van der Waals surface area contributed by atoms with Gasteiger partial charge >= 0.3 is 0 Å². The van der Waals surface area contributed by atoms with E-state index in [9.17, 15) is 9.90 Å². The molecule has 1 aromatic heterocycles. The van der Waals surface area contributed by atoms with E-state index in [1.165, 1.54) is 6.92 Å². The minimum absolute atomic E-state index is 0.0138. The average Bonchev–Trinajstić information content (AvgIpc) is 2.65. The Morgan fingerprint density at radius 2 is 2.31 bits per heavy atom. The monoisotopic (exact) mass is 220 g/mol. The number of Topliss-reactive ketones (excluding diaryl/α,β-unsaturated/α-hetero) is 1. The Morgan fingerprint density at radius 1 is 1.50 bits per heavy atom. The number of carbonyl (C=O) groups is 1. The van der Waals surface area contributed by atoms with Crippen LogP contribution >= 0.6 is 0 Å². The standard InChI is InChI=1S/C12H16N2O2/c1-8(15)9-5-6-12(13-7-9)14-10-3-2-4-11(10)16/h5-7,10-11,16H,2-4H2,1H3,(H,13,14)/t10-,11-/m0/s1. The molecule has 1 aromatic rings. The van der Waals surface area contributed by atoms with Crippen molar-refractivity contribution in [2.24, 2.45) is 0 Å². The lowest BCUT2D eigenvalue weighted by molar-refractivity contribution is 0.101. The van der Waals surface area contributed by atoms with Gasteiger partial charge in [0.25, 0.3) is 0 Å². The molecular weight excluding hydrogens is 204 g/mol. The highest BCUT2D eigenvalue weighted by molar-refractivity contribution is 5.93. The van der Waals surface area contributed by atoms with Gasteiger partial charge in [-0.05, 0) is 38.3 Å². The highest BCUT2D eigenvalue weighted by Crippen LogP contribution is 2.22. The molecule has 1 aliphatic carbocycles. The van der Waals surface area contributed by atoms with E-state index in [2.05, 4.69) is 10.3 Å². The summed E-state index contributed by atoms with van der Waals surface area (Å²) in [5.41, 5.74) is 0.609. The minimum atomic E-state index is -0.283. The van der Waals surface area contributed by atoms with Crippen molar-refractivity contribution in [3.8, 4) is 0 Å². The number of rotatable bonds is 3. The molecule has 2 rings (SSSR count). The first-order chi connectivity index (χ1) is 7.66. The smallest absolute Gasteiger partial charge is 0.161 e. The van der Waals surface area contributed by atoms with Crippen LogP contribution in [0.25, 0.3) is 0 Å². The van der Waals surface area contributed by atoms with E-state index in [0.29, 0.717) is 5.56 Å². The van der Waals surface area contributed by atoms with Gasteiger partial charge in [0.05, 0.1) is 12.1 Å². The molecule has 4 nitrogen and oxygen atoms in total. The third-order valence-electron chi connectivity index (χ3n) is 2.98. The van der Waals surface area contributed by atoms with Crippen molar-refractivity contribution in [2.75, 3.05) is 5.32 Å². The highest BCUT2D eigenvalue weighted by atomic mass is 16.3. The number of carbonyl (C=O) groups excluding carboxylic acids is 1. The lowest BCUT2D eigenvalue weighted by Gasteiger charge is -2.16. The second-order valence-corrected chi connectivity index (χ2v) is 4.24. The summed E-state index contributed by atoms with van der Waals surface area (Å²) in [4.78, 5) is 15.2. The molecule has 2 atom stereocenters. The molecule has 1 aliphatic rings. The lowest BCUT2D eigenvalue weighted by Crippen LogP contribution is -2.28. The van der Waals surface area contributed by atoms with Gasteiger partial charge in [-0.1, -0.05) is 0 Å². The van der Waals surface area contributed by atoms with Crippen molar-refractivity contribution in [3.63, 3.8) is 0 Å². The zero-order valence-corrected chi connectivity index (χ0v) is 9.31. The molecule has 1 fully saturated rings. The van der Waals surface area contributed by atoms with Crippen LogP contribution in [0.4, 0.5) is 5.82 Å². The molecule has 16 heavy (non-hydrogen) atoms. The fourth-order valence-electron chi connectivity index (χ4n) is 1.99. The molecule has 1 heterocycles. The number of anilines is 1. The largest absolute Gasteiger partial charge is 0.391 e. The molecular formula is C12H16N2O2. The van der Waals surface area contributed by atoms with Crippen LogP contribution < -0.4 is 5.32 Å². The van der Waals surface area contributed by atoms with Crippen molar-refractivity contribution in [2.45, 2.75) is 38.3 Å². The summed E-state index contributed by atoms with van der Waals surface area (Å²) in [5.74, 6) is 0.732. The van der Waals surface area contributed by atoms with Gasteiger partial charge in [0.15, 0.2) is 5.78 Å². The Bertz CT molecular complexity index is 375. The van der Waals surface area contributed by atoms with Crippen molar-refractivity contribution in [3.05, 3.63) is 23.9 Å². The minimum Gasteiger partial charge on any atom is -0.391 e. The number of aliphatic hydroxyl groups is 1. The molecule has 0 bridgehead atoms. The van der Waals surface area contributed by atoms with E-state index in [1.54, 1.807) is 18.3 Å². The van der Waals surface area contributed by atoms with E-state index < -0.39 is 0 Å². The van der Waals surface area contributed by atoms with Gasteiger partial charge < -0.3 is 10.4 Å². The van der Waals surface area contributed by atoms with Crippen LogP contribution in [0, 0.1) is 0 Å². The van der Waals surface area contributed by atoms with E-state index in [-0.39, 0.29) is 17.9 Å². The zero-order chi connectivity index (χ0) is 11.5. The van der Waals surface area contributed by atoms with Gasteiger partial charge in [0.2, 0.25) is 0 Å². The summed E-state index contributed by atoms with van der Waals surface area (Å²) in [6, 6.07) is 3.62. The third-order valence-corrected chi connectivity index (χ3v) is 2.98. The predicted molar refractivity (Wildman–Crippen MR) is 61.5 cm³/mol. The normalized spacial score (nSPS) is 24.4. The van der Waals surface area contributed by atoms with Gasteiger partial charge in [-0.2, -0.15) is 0 Å². The molecule has 1 saturated carbocycles. The molecule has 4 heteroatoms. The van der Waals surface area contributed by atoms with Crippen LogP contribution in [-0.4, -0.2) is 28.0 Å². The van der Waals surface area contributed by atoms with Gasteiger partial charge in [0.1, 0.15) is 5.82 Å². The molecule has 86 valence electrons. The molecule has 2 N–H and O–H groups in total. The van der Waals surface area contributed by atoms with Gasteiger partial charge in [-0.15, -0.1) is 0 Å². The number of pyridine rings is 1. The summed E-state index contributed by atoms with van der Waals surface area (Å²) in [6.07, 6.45) is 4.14. The summed E-state index contributed by atoms with van der Waals surface area (Å²) in [7, 11) is 0. The Morgan fingerprint density at radius 3 is 2.81 bits per heavy atom. The number of nitrogens with zero attached hydrogens (tertiary/aromatic N) is 1. The fraction of sp³-hybridized carbons (Fsp3) is 0.500. The van der Waals surface area contributed by atoms with Gasteiger partial charge in [-0.3, -0.25) is 4.79 Å². The summed E-state index contributed by atoms with van der Waals surface area (Å²) >= 11 is 0. The summed E-state index contributed by atoms with van der Waals surface area (Å²) in [5, 5.41) is 12.8. The SMILES string of the molecule is CC(=O)c1ccc(N[C@H]2CCC[C@@H]2O)nc1. The molecule has 0 unspecified atom stereocenters. The third kappa shape index (κ3) is 2.39. The molecule has 0 aromatic carbocycles. The average molecular weight is 220 g/mol. The van der Waals surface area contributed by atoms with Crippen molar-refractivity contribution in [1.29, 1.82) is 0 Å². The quantitative estimate of drug-likeness (QED) is 0.760. The van der Waals surface area contributed by atoms with E-state index in [1.807, 2.05) is 0 Å². The lowest BCUT2D eigenvalue weighted by atomic mass is 10.2. The number of aromatic nitrogens is 1. The summed E-state index contributed by atoms with van der Waals surface area (Å²) in [6.45, 7) is 1.52. The maximum absolute atomic E-state index is 11.1. The van der Waals surface area contributed by atoms with E-state index >= 15 is 0 Å². The Kier molecular flexibility index (Phi) is 3.19. The van der Waals surface area contributed by atoms with Crippen molar-refractivity contribution < 1.29 is 9.90 Å². The fourth-order valence-corrected chi connectivity index (χ4v) is 1.99. The van der Waals surface area contributed by atoms with Crippen LogP contribution in [0.1, 0.15) is 36.5 Å². The highest BCUT2D eigenvalue weighted by Gasteiger charge is 2.24. The predicted octanol–water partition coefficient (Wildman–Crippen LogP) is 1.61. The number of ketones is 1. The van der Waals surface area contributed by atoms with Crippen LogP contribution in [0.15, 0.2) is 18.3 Å². The Hall–Kier alpha value is -1.42. The number of hydrogen-bond donors (Lipinski definition) is 2. The molecule has 0 amide bonds.